The third-order valence-electron chi connectivity index (χ3n) is 3.59. The van der Waals surface area contributed by atoms with Crippen LogP contribution in [-0.4, -0.2) is 31.1 Å². The van der Waals surface area contributed by atoms with Gasteiger partial charge in [0.1, 0.15) is 11.6 Å². The van der Waals surface area contributed by atoms with E-state index >= 15 is 0 Å². The fourth-order valence-corrected chi connectivity index (χ4v) is 2.91. The fourth-order valence-electron chi connectivity index (χ4n) is 2.64. The minimum Gasteiger partial charge on any atom is -0.467 e. The lowest BCUT2D eigenvalue weighted by Gasteiger charge is -2.34. The van der Waals surface area contributed by atoms with E-state index in [-0.39, 0.29) is 11.9 Å². The van der Waals surface area contributed by atoms with Gasteiger partial charge in [-0.25, -0.2) is 4.39 Å². The number of hydrogen-bond acceptors (Lipinski definition) is 3. The summed E-state index contributed by atoms with van der Waals surface area (Å²) in [5, 5.41) is 3.76. The summed E-state index contributed by atoms with van der Waals surface area (Å²) in [5.74, 6) is 0.512. The molecule has 0 radical (unpaired) electrons. The zero-order chi connectivity index (χ0) is 13.9. The molecule has 0 bridgehead atoms. The predicted octanol–water partition coefficient (Wildman–Crippen LogP) is 3.07. The van der Waals surface area contributed by atoms with Crippen molar-refractivity contribution in [3.05, 3.63) is 58.8 Å². The van der Waals surface area contributed by atoms with Crippen molar-refractivity contribution >= 4 is 11.6 Å². The molecule has 1 aromatic carbocycles. The Hall–Kier alpha value is -1.36. The Morgan fingerprint density at radius 3 is 2.70 bits per heavy atom. The van der Waals surface area contributed by atoms with E-state index in [1.165, 1.54) is 12.1 Å². The summed E-state index contributed by atoms with van der Waals surface area (Å²) >= 11 is 6.24. The van der Waals surface area contributed by atoms with E-state index in [2.05, 4.69) is 10.2 Å². The molecular weight excluding hydrogens is 279 g/mol. The normalized spacial score (nSPS) is 18.1. The van der Waals surface area contributed by atoms with Gasteiger partial charge in [-0.2, -0.15) is 0 Å². The number of halogens is 2. The molecule has 3 nitrogen and oxygen atoms in total. The first-order chi connectivity index (χ1) is 9.75. The summed E-state index contributed by atoms with van der Waals surface area (Å²) in [4.78, 5) is 2.30. The van der Waals surface area contributed by atoms with Gasteiger partial charge in [-0.05, 0) is 29.8 Å². The molecule has 0 unspecified atom stereocenters. The van der Waals surface area contributed by atoms with Gasteiger partial charge in [-0.3, -0.25) is 4.90 Å². The van der Waals surface area contributed by atoms with E-state index in [0.717, 1.165) is 37.5 Å². The molecule has 0 amide bonds. The van der Waals surface area contributed by atoms with Crippen molar-refractivity contribution in [2.75, 3.05) is 26.2 Å². The topological polar surface area (TPSA) is 28.4 Å². The maximum absolute atomic E-state index is 13.3. The van der Waals surface area contributed by atoms with Gasteiger partial charge in [-0.1, -0.05) is 17.7 Å². The number of nitrogens with zero attached hydrogens (tertiary/aromatic N) is 1. The lowest BCUT2D eigenvalue weighted by molar-refractivity contribution is 0.180. The van der Waals surface area contributed by atoms with E-state index in [1.54, 1.807) is 12.3 Å². The molecule has 0 saturated carbocycles. The first kappa shape index (κ1) is 13.6. The predicted molar refractivity (Wildman–Crippen MR) is 76.4 cm³/mol. The van der Waals surface area contributed by atoms with Crippen molar-refractivity contribution in [1.82, 2.24) is 10.2 Å². The van der Waals surface area contributed by atoms with Crippen molar-refractivity contribution in [3.8, 4) is 0 Å². The third kappa shape index (κ3) is 2.73. The smallest absolute Gasteiger partial charge is 0.125 e. The second kappa shape index (κ2) is 5.95. The number of furan rings is 1. The van der Waals surface area contributed by atoms with Gasteiger partial charge in [0.05, 0.1) is 12.3 Å². The van der Waals surface area contributed by atoms with Crippen LogP contribution >= 0.6 is 11.6 Å². The largest absolute Gasteiger partial charge is 0.467 e. The Balaban J connectivity index is 2.00. The molecule has 1 atom stereocenters. The SMILES string of the molecule is Fc1ccc([C@H](c2ccco2)N2CCNCC2)c(Cl)c1. The third-order valence-corrected chi connectivity index (χ3v) is 3.91. The minimum absolute atomic E-state index is 0.0693. The van der Waals surface area contributed by atoms with Crippen LogP contribution in [0.25, 0.3) is 0 Å². The van der Waals surface area contributed by atoms with Gasteiger partial charge in [0.2, 0.25) is 0 Å². The standard InChI is InChI=1S/C15H16ClFN2O/c16-13-10-11(17)3-4-12(13)15(14-2-1-9-20-14)19-7-5-18-6-8-19/h1-4,9-10,15,18H,5-8H2/t15-/m1/s1. The molecule has 1 fully saturated rings. The first-order valence-electron chi connectivity index (χ1n) is 6.69. The molecule has 1 N–H and O–H groups in total. The minimum atomic E-state index is -0.322. The molecule has 1 aliphatic heterocycles. The molecule has 3 rings (SSSR count). The van der Waals surface area contributed by atoms with Gasteiger partial charge in [0.15, 0.2) is 0 Å². The maximum Gasteiger partial charge on any atom is 0.125 e. The van der Waals surface area contributed by atoms with Gasteiger partial charge in [0, 0.05) is 31.2 Å². The monoisotopic (exact) mass is 294 g/mol. The van der Waals surface area contributed by atoms with Crippen LogP contribution in [0.15, 0.2) is 41.0 Å². The van der Waals surface area contributed by atoms with Gasteiger partial charge < -0.3 is 9.73 Å². The van der Waals surface area contributed by atoms with Crippen LogP contribution in [0.4, 0.5) is 4.39 Å². The second-order valence-electron chi connectivity index (χ2n) is 4.87. The zero-order valence-electron chi connectivity index (χ0n) is 11.0. The van der Waals surface area contributed by atoms with Crippen LogP contribution in [0.5, 0.6) is 0 Å². The molecule has 20 heavy (non-hydrogen) atoms. The Kier molecular flexibility index (Phi) is 4.05. The summed E-state index contributed by atoms with van der Waals surface area (Å²) < 4.78 is 18.8. The number of benzene rings is 1. The van der Waals surface area contributed by atoms with Gasteiger partial charge in [0.25, 0.3) is 0 Å². The molecular formula is C15H16ClFN2O. The average molecular weight is 295 g/mol. The lowest BCUT2D eigenvalue weighted by Crippen LogP contribution is -2.45. The Labute approximate surface area is 122 Å². The van der Waals surface area contributed by atoms with E-state index in [0.29, 0.717) is 5.02 Å². The fraction of sp³-hybridized carbons (Fsp3) is 0.333. The molecule has 0 aliphatic carbocycles. The Morgan fingerprint density at radius 2 is 2.05 bits per heavy atom. The quantitative estimate of drug-likeness (QED) is 0.943. The highest BCUT2D eigenvalue weighted by Crippen LogP contribution is 2.34. The highest BCUT2D eigenvalue weighted by Gasteiger charge is 2.27. The molecule has 2 aromatic rings. The molecule has 5 heteroatoms. The van der Waals surface area contributed by atoms with Crippen molar-refractivity contribution in [2.24, 2.45) is 0 Å². The molecule has 1 aromatic heterocycles. The first-order valence-corrected chi connectivity index (χ1v) is 7.06. The van der Waals surface area contributed by atoms with E-state index in [9.17, 15) is 4.39 Å². The van der Waals surface area contributed by atoms with Crippen LogP contribution in [0.2, 0.25) is 5.02 Å². The molecule has 1 saturated heterocycles. The summed E-state index contributed by atoms with van der Waals surface area (Å²) in [6.45, 7) is 3.66. The van der Waals surface area contributed by atoms with Crippen LogP contribution in [0.1, 0.15) is 17.4 Å². The second-order valence-corrected chi connectivity index (χ2v) is 5.28. The van der Waals surface area contributed by atoms with Crippen molar-refractivity contribution in [1.29, 1.82) is 0 Å². The summed E-state index contributed by atoms with van der Waals surface area (Å²) in [6.07, 6.45) is 1.65. The number of hydrogen-bond donors (Lipinski definition) is 1. The van der Waals surface area contributed by atoms with Gasteiger partial charge in [-0.15, -0.1) is 0 Å². The molecule has 0 spiro atoms. The van der Waals surface area contributed by atoms with Gasteiger partial charge >= 0.3 is 0 Å². The molecule has 2 heterocycles. The maximum atomic E-state index is 13.3. The van der Waals surface area contributed by atoms with Crippen LogP contribution in [-0.2, 0) is 0 Å². The van der Waals surface area contributed by atoms with Crippen molar-refractivity contribution in [3.63, 3.8) is 0 Å². The highest BCUT2D eigenvalue weighted by molar-refractivity contribution is 6.31. The van der Waals surface area contributed by atoms with Crippen LogP contribution in [0, 0.1) is 5.82 Å². The molecule has 106 valence electrons. The highest BCUT2D eigenvalue weighted by atomic mass is 35.5. The van der Waals surface area contributed by atoms with Crippen molar-refractivity contribution in [2.45, 2.75) is 6.04 Å². The number of piperazine rings is 1. The van der Waals surface area contributed by atoms with Crippen LogP contribution in [0.3, 0.4) is 0 Å². The summed E-state index contributed by atoms with van der Waals surface area (Å²) in [5.41, 5.74) is 0.880. The van der Waals surface area contributed by atoms with Crippen molar-refractivity contribution < 1.29 is 8.81 Å². The average Bonchev–Trinajstić information content (AvgIpc) is 2.97. The molecule has 1 aliphatic rings. The lowest BCUT2D eigenvalue weighted by atomic mass is 10.0. The Morgan fingerprint density at radius 1 is 1.25 bits per heavy atom. The number of rotatable bonds is 3. The van der Waals surface area contributed by atoms with Crippen LogP contribution < -0.4 is 5.32 Å². The zero-order valence-corrected chi connectivity index (χ0v) is 11.7. The van der Waals surface area contributed by atoms with E-state index < -0.39 is 0 Å². The summed E-state index contributed by atoms with van der Waals surface area (Å²) in [6, 6.07) is 8.27. The van der Waals surface area contributed by atoms with E-state index in [4.69, 9.17) is 16.0 Å². The van der Waals surface area contributed by atoms with E-state index in [1.807, 2.05) is 12.1 Å². The number of nitrogens with one attached hydrogen (secondary N) is 1. The summed E-state index contributed by atoms with van der Waals surface area (Å²) in [7, 11) is 0. The Bertz CT molecular complexity index is 567.